The number of amides is 1. The molecule has 4 nitrogen and oxygen atoms in total. The van der Waals surface area contributed by atoms with E-state index in [2.05, 4.69) is 5.10 Å². The van der Waals surface area contributed by atoms with Gasteiger partial charge < -0.3 is 5.32 Å². The van der Waals surface area contributed by atoms with Crippen molar-refractivity contribution in [2.75, 3.05) is 5.32 Å². The molecule has 1 amide bonds. The van der Waals surface area contributed by atoms with Crippen LogP contribution in [0.5, 0.6) is 0 Å². The Bertz CT molecular complexity index is 707. The normalized spacial score (nSPS) is 12.2. The summed E-state index contributed by atoms with van der Waals surface area (Å²) in [5.41, 5.74) is 1.49. The molecule has 2 rings (SSSR count). The van der Waals surface area contributed by atoms with Crippen LogP contribution in [0.1, 0.15) is 25.3 Å². The Hall–Kier alpha value is -1.76. The van der Waals surface area contributed by atoms with E-state index >= 15 is 0 Å². The molecule has 1 aromatic heterocycles. The van der Waals surface area contributed by atoms with E-state index in [9.17, 15) is 18.0 Å². The molecular formula is C13H13ClF3N3O. The summed E-state index contributed by atoms with van der Waals surface area (Å²) in [6.45, 7) is 3.90. The van der Waals surface area contributed by atoms with Crippen molar-refractivity contribution in [1.29, 1.82) is 0 Å². The van der Waals surface area contributed by atoms with Gasteiger partial charge in [-0.25, -0.2) is 0 Å². The predicted molar refractivity (Wildman–Crippen MR) is 74.5 cm³/mol. The zero-order valence-corrected chi connectivity index (χ0v) is 12.3. The van der Waals surface area contributed by atoms with Gasteiger partial charge >= 0.3 is 12.1 Å². The second-order valence-corrected chi connectivity index (χ2v) is 5.35. The van der Waals surface area contributed by atoms with Crippen molar-refractivity contribution < 1.29 is 18.0 Å². The van der Waals surface area contributed by atoms with Crippen LogP contribution in [-0.4, -0.2) is 21.9 Å². The molecule has 8 heteroatoms. The summed E-state index contributed by atoms with van der Waals surface area (Å²) in [4.78, 5) is 11.1. The molecule has 0 aliphatic rings. The first-order valence-corrected chi connectivity index (χ1v) is 6.54. The summed E-state index contributed by atoms with van der Waals surface area (Å²) in [5, 5.41) is 6.26. The molecule has 0 saturated carbocycles. The van der Waals surface area contributed by atoms with Gasteiger partial charge in [-0.1, -0.05) is 31.5 Å². The van der Waals surface area contributed by atoms with Crippen LogP contribution in [0.2, 0.25) is 5.02 Å². The molecule has 0 spiro atoms. The first-order valence-electron chi connectivity index (χ1n) is 6.16. The van der Waals surface area contributed by atoms with E-state index in [1.54, 1.807) is 24.5 Å². The number of nitrogens with zero attached hydrogens (tertiary/aromatic N) is 2. The second-order valence-electron chi connectivity index (χ2n) is 4.94. The van der Waals surface area contributed by atoms with Crippen LogP contribution in [-0.2, 0) is 11.8 Å². The van der Waals surface area contributed by atoms with Crippen molar-refractivity contribution in [2.24, 2.45) is 7.05 Å². The number of nitrogens with one attached hydrogen (secondary N) is 1. The minimum atomic E-state index is -4.98. The highest BCUT2D eigenvalue weighted by molar-refractivity contribution is 6.36. The van der Waals surface area contributed by atoms with Gasteiger partial charge in [0, 0.05) is 7.05 Å². The summed E-state index contributed by atoms with van der Waals surface area (Å²) in [6, 6.07) is 3.39. The van der Waals surface area contributed by atoms with E-state index in [0.29, 0.717) is 10.9 Å². The average Bonchev–Trinajstić information content (AvgIpc) is 2.66. The number of anilines is 1. The highest BCUT2D eigenvalue weighted by atomic mass is 35.5. The van der Waals surface area contributed by atoms with Crippen LogP contribution >= 0.6 is 11.6 Å². The monoisotopic (exact) mass is 319 g/mol. The largest absolute Gasteiger partial charge is 0.471 e. The summed E-state index contributed by atoms with van der Waals surface area (Å²) >= 11 is 6.06. The molecule has 1 aromatic carbocycles. The van der Waals surface area contributed by atoms with Gasteiger partial charge in [0.15, 0.2) is 5.82 Å². The van der Waals surface area contributed by atoms with E-state index in [-0.39, 0.29) is 16.8 Å². The standard InChI is InChI=1S/C13H13ClF3N3O/c1-6(2)7-4-5-8(14)9-10(7)20(3)19-11(9)18-12(21)13(15,16)17/h4-6H,1-3H3,(H,18,19,21). The van der Waals surface area contributed by atoms with Gasteiger partial charge in [0.05, 0.1) is 15.9 Å². The Morgan fingerprint density at radius 3 is 2.52 bits per heavy atom. The van der Waals surface area contributed by atoms with E-state index in [1.165, 1.54) is 4.68 Å². The number of fused-ring (bicyclic) bond motifs is 1. The van der Waals surface area contributed by atoms with E-state index in [0.717, 1.165) is 5.56 Å². The Labute approximate surface area is 123 Å². The maximum atomic E-state index is 12.4. The number of hydrogen-bond acceptors (Lipinski definition) is 2. The number of alkyl halides is 3. The van der Waals surface area contributed by atoms with E-state index in [4.69, 9.17) is 11.6 Å². The molecule has 0 aliphatic heterocycles. The number of carbonyl (C=O) groups excluding carboxylic acids is 1. The van der Waals surface area contributed by atoms with Gasteiger partial charge in [0.2, 0.25) is 0 Å². The Kier molecular flexibility index (Phi) is 3.88. The van der Waals surface area contributed by atoms with Gasteiger partial charge in [-0.05, 0) is 17.5 Å². The van der Waals surface area contributed by atoms with Crippen LogP contribution in [0, 0.1) is 0 Å². The number of aromatic nitrogens is 2. The van der Waals surface area contributed by atoms with Crippen molar-refractivity contribution in [2.45, 2.75) is 25.9 Å². The maximum absolute atomic E-state index is 12.4. The fourth-order valence-electron chi connectivity index (χ4n) is 2.14. The number of halogens is 4. The average molecular weight is 320 g/mol. The third-order valence-electron chi connectivity index (χ3n) is 3.08. The van der Waals surface area contributed by atoms with Crippen molar-refractivity contribution in [1.82, 2.24) is 9.78 Å². The first kappa shape index (κ1) is 15.6. The van der Waals surface area contributed by atoms with Crippen LogP contribution in [0.25, 0.3) is 10.9 Å². The van der Waals surface area contributed by atoms with Gasteiger partial charge in [-0.15, -0.1) is 0 Å². The summed E-state index contributed by atoms with van der Waals surface area (Å²) < 4.78 is 38.5. The molecule has 0 fully saturated rings. The van der Waals surface area contributed by atoms with E-state index < -0.39 is 12.1 Å². The molecule has 1 heterocycles. The zero-order valence-electron chi connectivity index (χ0n) is 11.5. The first-order chi connectivity index (χ1) is 9.62. The van der Waals surface area contributed by atoms with Gasteiger partial charge in [0.1, 0.15) is 0 Å². The molecule has 0 radical (unpaired) electrons. The fourth-order valence-corrected chi connectivity index (χ4v) is 2.38. The lowest BCUT2D eigenvalue weighted by Gasteiger charge is -2.10. The Morgan fingerprint density at radius 1 is 1.38 bits per heavy atom. The Balaban J connectivity index is 2.62. The minimum Gasteiger partial charge on any atom is -0.301 e. The summed E-state index contributed by atoms with van der Waals surface area (Å²) in [6.07, 6.45) is -4.98. The third-order valence-corrected chi connectivity index (χ3v) is 3.40. The van der Waals surface area contributed by atoms with Crippen molar-refractivity contribution in [3.63, 3.8) is 0 Å². The third kappa shape index (κ3) is 2.83. The maximum Gasteiger partial charge on any atom is 0.471 e. The molecule has 114 valence electrons. The minimum absolute atomic E-state index is 0.131. The molecule has 21 heavy (non-hydrogen) atoms. The van der Waals surface area contributed by atoms with Crippen LogP contribution < -0.4 is 5.32 Å². The van der Waals surface area contributed by atoms with Gasteiger partial charge in [-0.2, -0.15) is 18.3 Å². The zero-order chi connectivity index (χ0) is 15.9. The predicted octanol–water partition coefficient (Wildman–Crippen LogP) is 3.85. The molecular weight excluding hydrogens is 307 g/mol. The molecule has 0 aliphatic carbocycles. The van der Waals surface area contributed by atoms with Crippen LogP contribution in [0.15, 0.2) is 12.1 Å². The molecule has 0 bridgehead atoms. The highest BCUT2D eigenvalue weighted by Gasteiger charge is 2.39. The fraction of sp³-hybridized carbons (Fsp3) is 0.385. The lowest BCUT2D eigenvalue weighted by atomic mass is 10.0. The number of rotatable bonds is 2. The van der Waals surface area contributed by atoms with Crippen LogP contribution in [0.4, 0.5) is 19.0 Å². The van der Waals surface area contributed by atoms with Crippen molar-refractivity contribution in [3.8, 4) is 0 Å². The second kappa shape index (κ2) is 5.22. The molecule has 1 N–H and O–H groups in total. The molecule has 2 aromatic rings. The van der Waals surface area contributed by atoms with E-state index in [1.807, 2.05) is 13.8 Å². The highest BCUT2D eigenvalue weighted by Crippen LogP contribution is 2.35. The van der Waals surface area contributed by atoms with Gasteiger partial charge in [0.25, 0.3) is 0 Å². The van der Waals surface area contributed by atoms with Crippen molar-refractivity contribution in [3.05, 3.63) is 22.7 Å². The van der Waals surface area contributed by atoms with Crippen molar-refractivity contribution >= 4 is 34.2 Å². The number of carbonyl (C=O) groups is 1. The molecule has 0 atom stereocenters. The Morgan fingerprint density at radius 2 is 2.00 bits per heavy atom. The topological polar surface area (TPSA) is 46.9 Å². The smallest absolute Gasteiger partial charge is 0.301 e. The quantitative estimate of drug-likeness (QED) is 0.914. The lowest BCUT2D eigenvalue weighted by molar-refractivity contribution is -0.167. The number of hydrogen-bond donors (Lipinski definition) is 1. The SMILES string of the molecule is CC(C)c1ccc(Cl)c2c(NC(=O)C(F)(F)F)nn(C)c12. The summed E-state index contributed by atoms with van der Waals surface area (Å²) in [5.74, 6) is -2.14. The summed E-state index contributed by atoms with van der Waals surface area (Å²) in [7, 11) is 1.59. The number of aryl methyl sites for hydroxylation is 1. The van der Waals surface area contributed by atoms with Crippen LogP contribution in [0.3, 0.4) is 0 Å². The van der Waals surface area contributed by atoms with Gasteiger partial charge in [-0.3, -0.25) is 9.48 Å². The molecule has 0 unspecified atom stereocenters. The lowest BCUT2D eigenvalue weighted by Crippen LogP contribution is -2.30. The number of benzene rings is 1. The molecule has 0 saturated heterocycles.